The molecule has 0 radical (unpaired) electrons. The van der Waals surface area contributed by atoms with Crippen LogP contribution in [0.4, 0.5) is 17.2 Å². The number of benzene rings is 1. The molecule has 0 spiro atoms. The highest BCUT2D eigenvalue weighted by molar-refractivity contribution is 5.52. The molecule has 1 aromatic heterocycles. The molecule has 2 aromatic rings. The van der Waals surface area contributed by atoms with Crippen LogP contribution in [0.3, 0.4) is 0 Å². The van der Waals surface area contributed by atoms with Crippen LogP contribution >= 0.6 is 0 Å². The summed E-state index contributed by atoms with van der Waals surface area (Å²) in [5.74, 6) is 0.963. The minimum atomic E-state index is -0.401. The molecule has 23 heavy (non-hydrogen) atoms. The van der Waals surface area contributed by atoms with E-state index in [9.17, 15) is 10.1 Å². The van der Waals surface area contributed by atoms with Gasteiger partial charge in [-0.25, -0.2) is 4.98 Å². The first-order chi connectivity index (χ1) is 11.2. The molecule has 1 fully saturated rings. The lowest BCUT2D eigenvalue weighted by atomic mass is 10.2. The number of anilines is 2. The second-order valence-corrected chi connectivity index (χ2v) is 5.24. The molecule has 3 rings (SSSR count). The van der Waals surface area contributed by atoms with Gasteiger partial charge in [0.15, 0.2) is 0 Å². The average molecular weight is 314 g/mol. The monoisotopic (exact) mass is 314 g/mol. The van der Waals surface area contributed by atoms with Gasteiger partial charge in [-0.2, -0.15) is 0 Å². The van der Waals surface area contributed by atoms with E-state index in [0.717, 1.165) is 30.2 Å². The molecule has 1 N–H and O–H groups in total. The molecular weight excluding hydrogens is 296 g/mol. The van der Waals surface area contributed by atoms with Crippen LogP contribution in [-0.2, 0) is 11.3 Å². The van der Waals surface area contributed by atoms with Gasteiger partial charge in [-0.15, -0.1) is 0 Å². The number of nitrogens with zero attached hydrogens (tertiary/aromatic N) is 3. The minimum Gasteiger partial charge on any atom is -0.381 e. The van der Waals surface area contributed by atoms with E-state index in [0.29, 0.717) is 19.8 Å². The maximum Gasteiger partial charge on any atom is 0.269 e. The number of nitrogens with one attached hydrogen (secondary N) is 1. The number of non-ortho nitro benzene ring substituents is 1. The standard InChI is InChI=1S/C16H18N4O3/c21-20(22)15-5-3-14(4-6-15)18-12-13-2-1-7-17-16(13)19-8-10-23-11-9-19/h1-7,18H,8-12H2. The van der Waals surface area contributed by atoms with Crippen molar-refractivity contribution in [2.75, 3.05) is 36.5 Å². The topological polar surface area (TPSA) is 80.5 Å². The second kappa shape index (κ2) is 7.06. The van der Waals surface area contributed by atoms with Crippen LogP contribution in [0.25, 0.3) is 0 Å². The molecular formula is C16H18N4O3. The molecule has 120 valence electrons. The molecule has 0 bridgehead atoms. The molecule has 0 unspecified atom stereocenters. The number of aromatic nitrogens is 1. The summed E-state index contributed by atoms with van der Waals surface area (Å²) in [6.45, 7) is 3.71. The van der Waals surface area contributed by atoms with Crippen molar-refractivity contribution in [3.05, 3.63) is 58.3 Å². The number of hydrogen-bond acceptors (Lipinski definition) is 6. The largest absolute Gasteiger partial charge is 0.381 e. The number of nitro benzene ring substituents is 1. The summed E-state index contributed by atoms with van der Waals surface area (Å²) < 4.78 is 5.38. The van der Waals surface area contributed by atoms with Gasteiger partial charge in [-0.05, 0) is 18.2 Å². The van der Waals surface area contributed by atoms with Crippen molar-refractivity contribution in [1.82, 2.24) is 4.98 Å². The normalized spacial score (nSPS) is 14.5. The van der Waals surface area contributed by atoms with Crippen LogP contribution in [-0.4, -0.2) is 36.2 Å². The van der Waals surface area contributed by atoms with Gasteiger partial charge in [-0.1, -0.05) is 6.07 Å². The molecule has 7 nitrogen and oxygen atoms in total. The Bertz CT molecular complexity index is 669. The van der Waals surface area contributed by atoms with Crippen LogP contribution in [0, 0.1) is 10.1 Å². The smallest absolute Gasteiger partial charge is 0.269 e. The molecule has 0 amide bonds. The fourth-order valence-electron chi connectivity index (χ4n) is 2.53. The lowest BCUT2D eigenvalue weighted by molar-refractivity contribution is -0.384. The van der Waals surface area contributed by atoms with Gasteiger partial charge in [-0.3, -0.25) is 10.1 Å². The zero-order chi connectivity index (χ0) is 16.1. The van der Waals surface area contributed by atoms with Crippen molar-refractivity contribution in [2.24, 2.45) is 0 Å². The van der Waals surface area contributed by atoms with Gasteiger partial charge < -0.3 is 15.0 Å². The number of morpholine rings is 1. The van der Waals surface area contributed by atoms with Crippen LogP contribution < -0.4 is 10.2 Å². The quantitative estimate of drug-likeness (QED) is 0.674. The van der Waals surface area contributed by atoms with E-state index in [4.69, 9.17) is 4.74 Å². The SMILES string of the molecule is O=[N+]([O-])c1ccc(NCc2cccnc2N2CCOCC2)cc1. The van der Waals surface area contributed by atoms with Crippen LogP contribution in [0.1, 0.15) is 5.56 Å². The summed E-state index contributed by atoms with van der Waals surface area (Å²) in [6.07, 6.45) is 1.79. The summed E-state index contributed by atoms with van der Waals surface area (Å²) >= 11 is 0. The highest BCUT2D eigenvalue weighted by Crippen LogP contribution is 2.21. The third-order valence-electron chi connectivity index (χ3n) is 3.74. The summed E-state index contributed by atoms with van der Waals surface area (Å²) in [5.41, 5.74) is 2.02. The van der Waals surface area contributed by atoms with Crippen molar-refractivity contribution in [1.29, 1.82) is 0 Å². The van der Waals surface area contributed by atoms with E-state index < -0.39 is 4.92 Å². The third-order valence-corrected chi connectivity index (χ3v) is 3.74. The Morgan fingerprint density at radius 1 is 1.22 bits per heavy atom. The van der Waals surface area contributed by atoms with Crippen molar-refractivity contribution >= 4 is 17.2 Å². The van der Waals surface area contributed by atoms with Crippen LogP contribution in [0.2, 0.25) is 0 Å². The molecule has 0 aliphatic carbocycles. The Kier molecular flexibility index (Phi) is 4.68. The summed E-state index contributed by atoms with van der Waals surface area (Å²) in [5, 5.41) is 14.0. The predicted molar refractivity (Wildman–Crippen MR) is 87.7 cm³/mol. The van der Waals surface area contributed by atoms with E-state index in [-0.39, 0.29) is 5.69 Å². The van der Waals surface area contributed by atoms with E-state index >= 15 is 0 Å². The average Bonchev–Trinajstić information content (AvgIpc) is 2.61. The van der Waals surface area contributed by atoms with Crippen LogP contribution in [0.15, 0.2) is 42.6 Å². The summed E-state index contributed by atoms with van der Waals surface area (Å²) in [4.78, 5) is 17.0. The first-order valence-corrected chi connectivity index (χ1v) is 7.49. The molecule has 1 aliphatic heterocycles. The lowest BCUT2D eigenvalue weighted by Gasteiger charge is -2.29. The van der Waals surface area contributed by atoms with E-state index in [1.165, 1.54) is 12.1 Å². The Labute approximate surface area is 134 Å². The number of pyridine rings is 1. The highest BCUT2D eigenvalue weighted by Gasteiger charge is 2.15. The summed E-state index contributed by atoms with van der Waals surface area (Å²) in [6, 6.07) is 10.4. The van der Waals surface area contributed by atoms with Crippen molar-refractivity contribution in [2.45, 2.75) is 6.54 Å². The first kappa shape index (κ1) is 15.2. The fourth-order valence-corrected chi connectivity index (χ4v) is 2.53. The third kappa shape index (κ3) is 3.75. The molecule has 0 saturated carbocycles. The lowest BCUT2D eigenvalue weighted by Crippen LogP contribution is -2.37. The first-order valence-electron chi connectivity index (χ1n) is 7.49. The highest BCUT2D eigenvalue weighted by atomic mass is 16.6. The van der Waals surface area contributed by atoms with Gasteiger partial charge in [0.1, 0.15) is 5.82 Å². The van der Waals surface area contributed by atoms with E-state index in [1.54, 1.807) is 18.3 Å². The Morgan fingerprint density at radius 2 is 1.96 bits per heavy atom. The van der Waals surface area contributed by atoms with Gasteiger partial charge in [0.25, 0.3) is 5.69 Å². The van der Waals surface area contributed by atoms with Crippen molar-refractivity contribution < 1.29 is 9.66 Å². The predicted octanol–water partition coefficient (Wildman–Crippen LogP) is 2.44. The number of hydrogen-bond donors (Lipinski definition) is 1. The zero-order valence-electron chi connectivity index (χ0n) is 12.6. The van der Waals surface area contributed by atoms with Gasteiger partial charge in [0.05, 0.1) is 18.1 Å². The molecule has 1 saturated heterocycles. The fraction of sp³-hybridized carbons (Fsp3) is 0.312. The van der Waals surface area contributed by atoms with Gasteiger partial charge in [0.2, 0.25) is 0 Å². The Hall–Kier alpha value is -2.67. The molecule has 0 atom stereocenters. The van der Waals surface area contributed by atoms with Crippen molar-refractivity contribution in [3.63, 3.8) is 0 Å². The Morgan fingerprint density at radius 3 is 2.65 bits per heavy atom. The van der Waals surface area contributed by atoms with E-state index in [1.807, 2.05) is 12.1 Å². The minimum absolute atomic E-state index is 0.0888. The molecule has 1 aliphatic rings. The number of rotatable bonds is 5. The molecule has 2 heterocycles. The number of nitro groups is 1. The maximum absolute atomic E-state index is 10.7. The van der Waals surface area contributed by atoms with Gasteiger partial charge >= 0.3 is 0 Å². The summed E-state index contributed by atoms with van der Waals surface area (Å²) in [7, 11) is 0. The van der Waals surface area contributed by atoms with E-state index in [2.05, 4.69) is 15.2 Å². The Balaban J connectivity index is 1.69. The van der Waals surface area contributed by atoms with Crippen molar-refractivity contribution in [3.8, 4) is 0 Å². The molecule has 1 aromatic carbocycles. The molecule has 7 heteroatoms. The number of ether oxygens (including phenoxy) is 1. The second-order valence-electron chi connectivity index (χ2n) is 5.24. The zero-order valence-corrected chi connectivity index (χ0v) is 12.6. The maximum atomic E-state index is 10.7. The van der Waals surface area contributed by atoms with Gasteiger partial charge in [0, 0.05) is 49.2 Å². The van der Waals surface area contributed by atoms with Crippen LogP contribution in [0.5, 0.6) is 0 Å².